The van der Waals surface area contributed by atoms with Crippen LogP contribution in [-0.2, 0) is 4.79 Å². The number of hydrogen-bond acceptors (Lipinski definition) is 3. The van der Waals surface area contributed by atoms with Gasteiger partial charge in [-0.3, -0.25) is 9.69 Å². The maximum atomic E-state index is 10.8. The van der Waals surface area contributed by atoms with Crippen molar-refractivity contribution in [3.8, 4) is 0 Å². The Morgan fingerprint density at radius 2 is 2.36 bits per heavy atom. The number of carbonyl (C=O) groups excluding carboxylic acids is 1. The molecule has 2 aliphatic rings. The fraction of sp³-hybridized carbons (Fsp3) is 0.900. The predicted molar refractivity (Wildman–Crippen MR) is 55.0 cm³/mol. The van der Waals surface area contributed by atoms with Crippen molar-refractivity contribution < 1.29 is 4.79 Å². The zero-order valence-corrected chi connectivity index (χ0v) is 8.75. The topological polar surface area (TPSA) is 44.4 Å². The fourth-order valence-electron chi connectivity index (χ4n) is 2.33. The first kappa shape index (κ1) is 9.93. The summed E-state index contributed by atoms with van der Waals surface area (Å²) in [5.74, 6) is 0.922. The van der Waals surface area contributed by atoms with Crippen LogP contribution in [0, 0.1) is 5.92 Å². The zero-order chi connectivity index (χ0) is 9.97. The predicted octanol–water partition coefficient (Wildman–Crippen LogP) is -0.584. The minimum atomic E-state index is 0.0946. The summed E-state index contributed by atoms with van der Waals surface area (Å²) in [6.07, 6.45) is 1.31. The second kappa shape index (κ2) is 4.28. The Bertz CT molecular complexity index is 207. The minimum Gasteiger partial charge on any atom is -0.351 e. The SMILES string of the molecule is CC(=O)NC1CN(CC2CCNC2)C1. The highest BCUT2D eigenvalue weighted by molar-refractivity contribution is 5.73. The van der Waals surface area contributed by atoms with Crippen LogP contribution < -0.4 is 10.6 Å². The van der Waals surface area contributed by atoms with Crippen LogP contribution in [0.1, 0.15) is 13.3 Å². The van der Waals surface area contributed by atoms with E-state index in [4.69, 9.17) is 0 Å². The molecule has 0 saturated carbocycles. The molecule has 0 aliphatic carbocycles. The fourth-order valence-corrected chi connectivity index (χ4v) is 2.33. The number of amides is 1. The summed E-state index contributed by atoms with van der Waals surface area (Å²) in [6.45, 7) is 7.20. The van der Waals surface area contributed by atoms with Crippen molar-refractivity contribution in [1.82, 2.24) is 15.5 Å². The molecule has 4 heteroatoms. The van der Waals surface area contributed by atoms with Gasteiger partial charge in [-0.2, -0.15) is 0 Å². The van der Waals surface area contributed by atoms with E-state index in [1.807, 2.05) is 0 Å². The maximum Gasteiger partial charge on any atom is 0.217 e. The molecule has 0 radical (unpaired) electrons. The first-order chi connectivity index (χ1) is 6.74. The van der Waals surface area contributed by atoms with Crippen molar-refractivity contribution in [3.05, 3.63) is 0 Å². The number of likely N-dealkylation sites (tertiary alicyclic amines) is 1. The highest BCUT2D eigenvalue weighted by atomic mass is 16.1. The molecule has 0 bridgehead atoms. The molecule has 2 rings (SSSR count). The Labute approximate surface area is 85.0 Å². The Kier molecular flexibility index (Phi) is 3.03. The van der Waals surface area contributed by atoms with Gasteiger partial charge >= 0.3 is 0 Å². The van der Waals surface area contributed by atoms with E-state index < -0.39 is 0 Å². The van der Waals surface area contributed by atoms with Crippen LogP contribution in [0.25, 0.3) is 0 Å². The summed E-state index contributed by atoms with van der Waals surface area (Å²) in [5, 5.41) is 6.31. The van der Waals surface area contributed by atoms with Gasteiger partial charge in [-0.15, -0.1) is 0 Å². The molecule has 0 aromatic carbocycles. The number of carbonyl (C=O) groups is 1. The molecule has 2 heterocycles. The lowest BCUT2D eigenvalue weighted by molar-refractivity contribution is -0.120. The van der Waals surface area contributed by atoms with Crippen molar-refractivity contribution in [3.63, 3.8) is 0 Å². The van der Waals surface area contributed by atoms with Crippen molar-refractivity contribution >= 4 is 5.91 Å². The Morgan fingerprint density at radius 3 is 2.93 bits per heavy atom. The third-order valence-corrected chi connectivity index (χ3v) is 3.04. The number of rotatable bonds is 3. The largest absolute Gasteiger partial charge is 0.351 e. The molecule has 0 spiro atoms. The lowest BCUT2D eigenvalue weighted by atomic mass is 10.0. The van der Waals surface area contributed by atoms with E-state index in [1.165, 1.54) is 26.1 Å². The molecule has 1 atom stereocenters. The molecule has 14 heavy (non-hydrogen) atoms. The Balaban J connectivity index is 1.60. The van der Waals surface area contributed by atoms with E-state index in [1.54, 1.807) is 6.92 Å². The lowest BCUT2D eigenvalue weighted by Gasteiger charge is -2.40. The van der Waals surface area contributed by atoms with Crippen LogP contribution in [0.5, 0.6) is 0 Å². The first-order valence-corrected chi connectivity index (χ1v) is 5.44. The van der Waals surface area contributed by atoms with E-state index in [9.17, 15) is 4.79 Å². The molecule has 0 aromatic rings. The van der Waals surface area contributed by atoms with E-state index in [-0.39, 0.29) is 5.91 Å². The van der Waals surface area contributed by atoms with Gasteiger partial charge in [-0.05, 0) is 25.4 Å². The summed E-state index contributed by atoms with van der Waals surface area (Å²) in [6, 6.07) is 0.405. The van der Waals surface area contributed by atoms with E-state index in [0.29, 0.717) is 6.04 Å². The van der Waals surface area contributed by atoms with Crippen LogP contribution in [0.4, 0.5) is 0 Å². The standard InChI is InChI=1S/C10H19N3O/c1-8(14)12-10-6-13(7-10)5-9-2-3-11-4-9/h9-11H,2-7H2,1H3,(H,12,14). The maximum absolute atomic E-state index is 10.8. The van der Waals surface area contributed by atoms with Gasteiger partial charge in [0, 0.05) is 26.6 Å². The van der Waals surface area contributed by atoms with Gasteiger partial charge < -0.3 is 10.6 Å². The van der Waals surface area contributed by atoms with Gasteiger partial charge in [0.2, 0.25) is 5.91 Å². The molecule has 0 aromatic heterocycles. The highest BCUT2D eigenvalue weighted by Gasteiger charge is 2.29. The molecule has 2 N–H and O–H groups in total. The van der Waals surface area contributed by atoms with Crippen molar-refractivity contribution in [2.24, 2.45) is 5.92 Å². The third-order valence-electron chi connectivity index (χ3n) is 3.04. The normalized spacial score (nSPS) is 28.8. The lowest BCUT2D eigenvalue weighted by Crippen LogP contribution is -2.59. The Hall–Kier alpha value is -0.610. The molecule has 80 valence electrons. The highest BCUT2D eigenvalue weighted by Crippen LogP contribution is 2.15. The molecule has 1 amide bonds. The summed E-state index contributed by atoms with van der Waals surface area (Å²) >= 11 is 0. The second-order valence-electron chi connectivity index (χ2n) is 4.47. The van der Waals surface area contributed by atoms with Gasteiger partial charge in [0.25, 0.3) is 0 Å². The number of hydrogen-bond donors (Lipinski definition) is 2. The van der Waals surface area contributed by atoms with Crippen LogP contribution in [0.2, 0.25) is 0 Å². The van der Waals surface area contributed by atoms with Crippen LogP contribution in [-0.4, -0.2) is 49.6 Å². The Morgan fingerprint density at radius 1 is 1.57 bits per heavy atom. The summed E-state index contributed by atoms with van der Waals surface area (Å²) < 4.78 is 0. The van der Waals surface area contributed by atoms with Gasteiger partial charge in [-0.1, -0.05) is 0 Å². The van der Waals surface area contributed by atoms with E-state index >= 15 is 0 Å². The van der Waals surface area contributed by atoms with Gasteiger partial charge in [0.15, 0.2) is 0 Å². The van der Waals surface area contributed by atoms with Crippen molar-refractivity contribution in [1.29, 1.82) is 0 Å². The van der Waals surface area contributed by atoms with Crippen LogP contribution in [0.3, 0.4) is 0 Å². The summed E-state index contributed by atoms with van der Waals surface area (Å²) in [7, 11) is 0. The quantitative estimate of drug-likeness (QED) is 0.636. The smallest absolute Gasteiger partial charge is 0.217 e. The zero-order valence-electron chi connectivity index (χ0n) is 8.75. The molecule has 2 fully saturated rings. The average molecular weight is 197 g/mol. The summed E-state index contributed by atoms with van der Waals surface area (Å²) in [5.41, 5.74) is 0. The molecule has 2 aliphatic heterocycles. The van der Waals surface area contributed by atoms with Gasteiger partial charge in [-0.25, -0.2) is 0 Å². The second-order valence-corrected chi connectivity index (χ2v) is 4.47. The van der Waals surface area contributed by atoms with Gasteiger partial charge in [0.1, 0.15) is 0 Å². The first-order valence-electron chi connectivity index (χ1n) is 5.44. The molecule has 2 saturated heterocycles. The monoisotopic (exact) mass is 197 g/mol. The van der Waals surface area contributed by atoms with Crippen LogP contribution >= 0.6 is 0 Å². The van der Waals surface area contributed by atoms with E-state index in [0.717, 1.165) is 19.0 Å². The minimum absolute atomic E-state index is 0.0946. The van der Waals surface area contributed by atoms with Crippen LogP contribution in [0.15, 0.2) is 0 Å². The molecular weight excluding hydrogens is 178 g/mol. The van der Waals surface area contributed by atoms with E-state index in [2.05, 4.69) is 15.5 Å². The third kappa shape index (κ3) is 2.45. The molecule has 1 unspecified atom stereocenters. The van der Waals surface area contributed by atoms with Crippen molar-refractivity contribution in [2.45, 2.75) is 19.4 Å². The number of nitrogens with one attached hydrogen (secondary N) is 2. The average Bonchev–Trinajstić information content (AvgIpc) is 2.52. The number of nitrogens with zero attached hydrogens (tertiary/aromatic N) is 1. The molecular formula is C10H19N3O. The molecule has 4 nitrogen and oxygen atoms in total. The summed E-state index contributed by atoms with van der Waals surface area (Å²) in [4.78, 5) is 13.2. The van der Waals surface area contributed by atoms with Crippen molar-refractivity contribution in [2.75, 3.05) is 32.7 Å². The van der Waals surface area contributed by atoms with Gasteiger partial charge in [0.05, 0.1) is 6.04 Å².